The number of aromatic nitrogens is 2. The number of anilines is 1. The van der Waals surface area contributed by atoms with Crippen molar-refractivity contribution in [3.05, 3.63) is 51.3 Å². The highest BCUT2D eigenvalue weighted by atomic mass is 16.6. The van der Waals surface area contributed by atoms with Crippen molar-refractivity contribution in [2.24, 2.45) is 5.92 Å². The first-order valence-corrected chi connectivity index (χ1v) is 9.70. The van der Waals surface area contributed by atoms with Crippen LogP contribution in [0.3, 0.4) is 0 Å². The minimum atomic E-state index is -0.489. The maximum Gasteiger partial charge on any atom is 0.312 e. The lowest BCUT2D eigenvalue weighted by Gasteiger charge is -2.12. The molecule has 1 heterocycles. The molecule has 1 aromatic heterocycles. The van der Waals surface area contributed by atoms with Crippen molar-refractivity contribution >= 4 is 23.2 Å². The Bertz CT molecular complexity index is 931. The van der Waals surface area contributed by atoms with E-state index in [1.54, 1.807) is 13.8 Å². The summed E-state index contributed by atoms with van der Waals surface area (Å²) in [6.07, 6.45) is 4.07. The minimum Gasteiger partial charge on any atom is -0.350 e. The highest BCUT2D eigenvalue weighted by Gasteiger charge is 2.23. The van der Waals surface area contributed by atoms with E-state index in [0.29, 0.717) is 11.4 Å². The third kappa shape index (κ3) is 4.98. The zero-order chi connectivity index (χ0) is 21.0. The minimum absolute atomic E-state index is 0.0507. The van der Waals surface area contributed by atoms with Crippen molar-refractivity contribution in [3.8, 4) is 0 Å². The summed E-state index contributed by atoms with van der Waals surface area (Å²) in [4.78, 5) is 35.1. The molecule has 1 aromatic carbocycles. The SMILES string of the molecule is Cc1nn(CC(=O)NCc2cccc(NC(=O)C3CCCC3)c2)c(C)c1[N+](=O)[O-]. The average Bonchev–Trinajstić information content (AvgIpc) is 3.29. The summed E-state index contributed by atoms with van der Waals surface area (Å²) in [5.41, 5.74) is 2.12. The van der Waals surface area contributed by atoms with Gasteiger partial charge >= 0.3 is 5.69 Å². The molecular formula is C20H25N5O4. The van der Waals surface area contributed by atoms with Crippen LogP contribution >= 0.6 is 0 Å². The summed E-state index contributed by atoms with van der Waals surface area (Å²) >= 11 is 0. The lowest BCUT2D eigenvalue weighted by Crippen LogP contribution is -2.28. The van der Waals surface area contributed by atoms with E-state index in [1.807, 2.05) is 24.3 Å². The molecular weight excluding hydrogens is 374 g/mol. The second-order valence-corrected chi connectivity index (χ2v) is 7.38. The first-order valence-electron chi connectivity index (χ1n) is 9.70. The number of nitrogens with one attached hydrogen (secondary N) is 2. The van der Waals surface area contributed by atoms with Gasteiger partial charge in [-0.3, -0.25) is 24.4 Å². The highest BCUT2D eigenvalue weighted by Crippen LogP contribution is 2.26. The highest BCUT2D eigenvalue weighted by molar-refractivity contribution is 5.92. The van der Waals surface area contributed by atoms with Gasteiger partial charge in [-0.25, -0.2) is 0 Å². The molecule has 154 valence electrons. The van der Waals surface area contributed by atoms with Crippen LogP contribution in [0.4, 0.5) is 11.4 Å². The van der Waals surface area contributed by atoms with Gasteiger partial charge in [0.25, 0.3) is 0 Å². The van der Waals surface area contributed by atoms with E-state index in [2.05, 4.69) is 15.7 Å². The monoisotopic (exact) mass is 399 g/mol. The molecule has 29 heavy (non-hydrogen) atoms. The van der Waals surface area contributed by atoms with Crippen LogP contribution in [0.2, 0.25) is 0 Å². The van der Waals surface area contributed by atoms with E-state index >= 15 is 0 Å². The Hall–Kier alpha value is -3.23. The summed E-state index contributed by atoms with van der Waals surface area (Å²) in [5.74, 6) is -0.163. The van der Waals surface area contributed by atoms with E-state index in [9.17, 15) is 19.7 Å². The standard InChI is InChI=1S/C20H25N5O4/c1-13-19(25(28)29)14(2)24(23-13)12-18(26)21-11-15-6-5-9-17(10-15)22-20(27)16-7-3-4-8-16/h5-6,9-10,16H,3-4,7-8,11-12H2,1-2H3,(H,21,26)(H,22,27). The van der Waals surface area contributed by atoms with Crippen molar-refractivity contribution < 1.29 is 14.5 Å². The Kier molecular flexibility index (Phi) is 6.26. The maximum absolute atomic E-state index is 12.3. The normalized spacial score (nSPS) is 14.0. The average molecular weight is 399 g/mol. The number of carbonyl (C=O) groups is 2. The fourth-order valence-electron chi connectivity index (χ4n) is 3.69. The number of benzene rings is 1. The van der Waals surface area contributed by atoms with Crippen LogP contribution in [0.1, 0.15) is 42.6 Å². The van der Waals surface area contributed by atoms with Crippen molar-refractivity contribution in [2.75, 3.05) is 5.32 Å². The topological polar surface area (TPSA) is 119 Å². The number of hydrogen-bond acceptors (Lipinski definition) is 5. The van der Waals surface area contributed by atoms with Gasteiger partial charge in [0.2, 0.25) is 11.8 Å². The molecule has 0 spiro atoms. The van der Waals surface area contributed by atoms with E-state index in [0.717, 1.165) is 31.2 Å². The number of amides is 2. The second-order valence-electron chi connectivity index (χ2n) is 7.38. The summed E-state index contributed by atoms with van der Waals surface area (Å²) in [6, 6.07) is 7.35. The molecule has 3 rings (SSSR count). The molecule has 9 nitrogen and oxygen atoms in total. The second kappa shape index (κ2) is 8.85. The van der Waals surface area contributed by atoms with Gasteiger partial charge in [-0.1, -0.05) is 25.0 Å². The molecule has 1 fully saturated rings. The molecule has 1 aliphatic carbocycles. The summed E-state index contributed by atoms with van der Waals surface area (Å²) in [5, 5.41) is 20.9. The molecule has 0 aliphatic heterocycles. The summed E-state index contributed by atoms with van der Waals surface area (Å²) in [6.45, 7) is 3.30. The first-order chi connectivity index (χ1) is 13.8. The van der Waals surface area contributed by atoms with Crippen LogP contribution in [-0.2, 0) is 22.7 Å². The van der Waals surface area contributed by atoms with Gasteiger partial charge in [-0.05, 0) is 44.4 Å². The number of rotatable bonds is 7. The molecule has 2 N–H and O–H groups in total. The smallest absolute Gasteiger partial charge is 0.312 e. The summed E-state index contributed by atoms with van der Waals surface area (Å²) in [7, 11) is 0. The molecule has 2 amide bonds. The molecule has 0 bridgehead atoms. The first kappa shape index (κ1) is 20.5. The lowest BCUT2D eigenvalue weighted by molar-refractivity contribution is -0.386. The number of nitrogens with zero attached hydrogens (tertiary/aromatic N) is 3. The van der Waals surface area contributed by atoms with Gasteiger partial charge in [0, 0.05) is 18.2 Å². The molecule has 1 aliphatic rings. The van der Waals surface area contributed by atoms with Crippen LogP contribution in [0.25, 0.3) is 0 Å². The van der Waals surface area contributed by atoms with E-state index < -0.39 is 4.92 Å². The van der Waals surface area contributed by atoms with E-state index in [4.69, 9.17) is 0 Å². The zero-order valence-electron chi connectivity index (χ0n) is 16.6. The van der Waals surface area contributed by atoms with Gasteiger partial charge in [0.1, 0.15) is 17.9 Å². The molecule has 0 saturated heterocycles. The zero-order valence-corrected chi connectivity index (χ0v) is 16.6. The van der Waals surface area contributed by atoms with Crippen molar-refractivity contribution in [3.63, 3.8) is 0 Å². The number of hydrogen-bond donors (Lipinski definition) is 2. The van der Waals surface area contributed by atoms with Gasteiger partial charge in [0.05, 0.1) is 4.92 Å². The van der Waals surface area contributed by atoms with Crippen molar-refractivity contribution in [2.45, 2.75) is 52.6 Å². The van der Waals surface area contributed by atoms with Crippen LogP contribution in [0.15, 0.2) is 24.3 Å². The van der Waals surface area contributed by atoms with Gasteiger partial charge in [0.15, 0.2) is 0 Å². The Morgan fingerprint density at radius 1 is 1.28 bits per heavy atom. The fraction of sp³-hybridized carbons (Fsp3) is 0.450. The maximum atomic E-state index is 12.3. The molecule has 2 aromatic rings. The Morgan fingerprint density at radius 2 is 2.00 bits per heavy atom. The van der Waals surface area contributed by atoms with Crippen molar-refractivity contribution in [1.82, 2.24) is 15.1 Å². The third-order valence-electron chi connectivity index (χ3n) is 5.23. The fourth-order valence-corrected chi connectivity index (χ4v) is 3.69. The Balaban J connectivity index is 1.56. The largest absolute Gasteiger partial charge is 0.350 e. The Labute approximate surface area is 168 Å². The van der Waals surface area contributed by atoms with Crippen LogP contribution in [0.5, 0.6) is 0 Å². The van der Waals surface area contributed by atoms with Crippen molar-refractivity contribution in [1.29, 1.82) is 0 Å². The third-order valence-corrected chi connectivity index (χ3v) is 5.23. The predicted octanol–water partition coefficient (Wildman–Crippen LogP) is 2.85. The quantitative estimate of drug-likeness (QED) is 0.548. The van der Waals surface area contributed by atoms with E-state index in [1.165, 1.54) is 4.68 Å². The summed E-state index contributed by atoms with van der Waals surface area (Å²) < 4.78 is 1.33. The van der Waals surface area contributed by atoms with Gasteiger partial charge < -0.3 is 10.6 Å². The van der Waals surface area contributed by atoms with Crippen LogP contribution in [-0.4, -0.2) is 26.5 Å². The molecule has 1 saturated carbocycles. The Morgan fingerprint density at radius 3 is 2.66 bits per heavy atom. The number of nitro groups is 1. The lowest BCUT2D eigenvalue weighted by atomic mass is 10.1. The van der Waals surface area contributed by atoms with Gasteiger partial charge in [-0.15, -0.1) is 0 Å². The van der Waals surface area contributed by atoms with Gasteiger partial charge in [-0.2, -0.15) is 5.10 Å². The number of carbonyl (C=O) groups excluding carboxylic acids is 2. The van der Waals surface area contributed by atoms with E-state index in [-0.39, 0.29) is 42.2 Å². The number of aryl methyl sites for hydroxylation is 1. The molecule has 0 atom stereocenters. The van der Waals surface area contributed by atoms with Crippen LogP contribution < -0.4 is 10.6 Å². The molecule has 0 unspecified atom stereocenters. The van der Waals surface area contributed by atoms with Crippen LogP contribution in [0, 0.1) is 29.9 Å². The molecule has 9 heteroatoms. The molecule has 0 radical (unpaired) electrons. The predicted molar refractivity (Wildman–Crippen MR) is 107 cm³/mol.